The lowest BCUT2D eigenvalue weighted by atomic mass is 10.1. The molecule has 0 atom stereocenters. The van der Waals surface area contributed by atoms with Crippen LogP contribution < -0.4 is 14.8 Å². The molecule has 2 rings (SSSR count). The summed E-state index contributed by atoms with van der Waals surface area (Å²) < 4.78 is 50.2. The third-order valence-corrected chi connectivity index (χ3v) is 3.72. The van der Waals surface area contributed by atoms with Crippen LogP contribution in [0.4, 0.5) is 18.9 Å². The number of carbonyl (C=O) groups excluding carboxylic acids is 1. The third kappa shape index (κ3) is 5.75. The summed E-state index contributed by atoms with van der Waals surface area (Å²) in [7, 11) is 0. The highest BCUT2D eigenvalue weighted by molar-refractivity contribution is 6.10. The van der Waals surface area contributed by atoms with Crippen LogP contribution in [0, 0.1) is 11.3 Å². The van der Waals surface area contributed by atoms with Crippen molar-refractivity contribution in [2.24, 2.45) is 0 Å². The molecule has 0 aliphatic carbocycles. The van der Waals surface area contributed by atoms with Crippen LogP contribution in [0.5, 0.6) is 11.5 Å². The SMILES string of the molecule is CCOc1ccc(/C=C(/C#N)C(=O)Nc2ccccc2C(F)(F)F)cc1OCC. The predicted molar refractivity (Wildman–Crippen MR) is 102 cm³/mol. The minimum atomic E-state index is -4.64. The molecule has 0 aromatic heterocycles. The third-order valence-electron chi connectivity index (χ3n) is 3.72. The highest BCUT2D eigenvalue weighted by Crippen LogP contribution is 2.35. The second-order valence-electron chi connectivity index (χ2n) is 5.74. The Morgan fingerprint density at radius 1 is 1.10 bits per heavy atom. The number of alkyl halides is 3. The molecule has 152 valence electrons. The molecular weight excluding hydrogens is 385 g/mol. The van der Waals surface area contributed by atoms with Crippen molar-refractivity contribution in [3.63, 3.8) is 0 Å². The molecule has 0 fully saturated rings. The normalized spacial score (nSPS) is 11.5. The minimum absolute atomic E-state index is 0.353. The van der Waals surface area contributed by atoms with E-state index in [9.17, 15) is 23.2 Å². The highest BCUT2D eigenvalue weighted by atomic mass is 19.4. The molecule has 0 heterocycles. The van der Waals surface area contributed by atoms with Crippen molar-refractivity contribution in [2.75, 3.05) is 18.5 Å². The lowest BCUT2D eigenvalue weighted by Gasteiger charge is -2.13. The Morgan fingerprint density at radius 3 is 2.38 bits per heavy atom. The fraction of sp³-hybridized carbons (Fsp3) is 0.238. The van der Waals surface area contributed by atoms with Gasteiger partial charge in [-0.15, -0.1) is 0 Å². The molecule has 5 nitrogen and oxygen atoms in total. The molecule has 8 heteroatoms. The van der Waals surface area contributed by atoms with Gasteiger partial charge < -0.3 is 14.8 Å². The maximum Gasteiger partial charge on any atom is 0.418 e. The summed E-state index contributed by atoms with van der Waals surface area (Å²) in [5.41, 5.74) is -1.31. The number of halogens is 3. The van der Waals surface area contributed by atoms with E-state index in [4.69, 9.17) is 9.47 Å². The van der Waals surface area contributed by atoms with E-state index in [1.807, 2.05) is 6.92 Å². The van der Waals surface area contributed by atoms with E-state index in [-0.39, 0.29) is 5.57 Å². The Bertz CT molecular complexity index is 947. The van der Waals surface area contributed by atoms with E-state index >= 15 is 0 Å². The van der Waals surface area contributed by atoms with E-state index < -0.39 is 23.3 Å². The lowest BCUT2D eigenvalue weighted by Crippen LogP contribution is -2.17. The van der Waals surface area contributed by atoms with Crippen LogP contribution in [-0.2, 0) is 11.0 Å². The summed E-state index contributed by atoms with van der Waals surface area (Å²) in [6.07, 6.45) is -3.37. The maximum absolute atomic E-state index is 13.1. The van der Waals surface area contributed by atoms with Gasteiger partial charge in [0.25, 0.3) is 5.91 Å². The molecule has 2 aromatic rings. The van der Waals surface area contributed by atoms with Crippen LogP contribution in [0.2, 0.25) is 0 Å². The molecule has 0 radical (unpaired) electrons. The van der Waals surface area contributed by atoms with Crippen LogP contribution in [0.15, 0.2) is 48.0 Å². The average molecular weight is 404 g/mol. The Morgan fingerprint density at radius 2 is 1.76 bits per heavy atom. The minimum Gasteiger partial charge on any atom is -0.490 e. The fourth-order valence-corrected chi connectivity index (χ4v) is 2.50. The molecule has 0 bridgehead atoms. The number of carbonyl (C=O) groups is 1. The summed E-state index contributed by atoms with van der Waals surface area (Å²) in [4.78, 5) is 12.4. The first-order valence-electron chi connectivity index (χ1n) is 8.79. The van der Waals surface area contributed by atoms with Crippen LogP contribution in [0.3, 0.4) is 0 Å². The number of nitrogens with one attached hydrogen (secondary N) is 1. The van der Waals surface area contributed by atoms with Gasteiger partial charge in [-0.25, -0.2) is 0 Å². The smallest absolute Gasteiger partial charge is 0.418 e. The largest absolute Gasteiger partial charge is 0.490 e. The fourth-order valence-electron chi connectivity index (χ4n) is 2.50. The van der Waals surface area contributed by atoms with Crippen molar-refractivity contribution in [3.8, 4) is 17.6 Å². The zero-order valence-electron chi connectivity index (χ0n) is 15.8. The summed E-state index contributed by atoms with van der Waals surface area (Å²) in [5, 5.41) is 11.5. The first-order chi connectivity index (χ1) is 13.8. The molecule has 0 aliphatic heterocycles. The van der Waals surface area contributed by atoms with Crippen molar-refractivity contribution in [3.05, 3.63) is 59.2 Å². The zero-order valence-corrected chi connectivity index (χ0v) is 15.8. The number of hydrogen-bond donors (Lipinski definition) is 1. The molecule has 1 amide bonds. The van der Waals surface area contributed by atoms with E-state index in [0.717, 1.165) is 12.1 Å². The number of rotatable bonds is 7. The quantitative estimate of drug-likeness (QED) is 0.518. The second-order valence-corrected chi connectivity index (χ2v) is 5.74. The highest BCUT2D eigenvalue weighted by Gasteiger charge is 2.33. The van der Waals surface area contributed by atoms with Crippen LogP contribution in [0.1, 0.15) is 25.0 Å². The summed E-state index contributed by atoms with van der Waals surface area (Å²) >= 11 is 0. The van der Waals surface area contributed by atoms with Crippen molar-refractivity contribution < 1.29 is 27.4 Å². The number of hydrogen-bond acceptors (Lipinski definition) is 4. The van der Waals surface area contributed by atoms with Gasteiger partial charge >= 0.3 is 6.18 Å². The number of amides is 1. The van der Waals surface area contributed by atoms with Crippen LogP contribution in [-0.4, -0.2) is 19.1 Å². The molecule has 0 saturated heterocycles. The number of ether oxygens (including phenoxy) is 2. The Hall–Kier alpha value is -3.47. The maximum atomic E-state index is 13.1. The van der Waals surface area contributed by atoms with Gasteiger partial charge in [-0.2, -0.15) is 18.4 Å². The van der Waals surface area contributed by atoms with E-state index in [0.29, 0.717) is 30.3 Å². The molecule has 29 heavy (non-hydrogen) atoms. The van der Waals surface area contributed by atoms with Crippen molar-refractivity contribution in [1.29, 1.82) is 5.26 Å². The topological polar surface area (TPSA) is 71.3 Å². The summed E-state index contributed by atoms with van der Waals surface area (Å²) in [6.45, 7) is 4.43. The van der Waals surface area contributed by atoms with Gasteiger partial charge in [0, 0.05) is 0 Å². The van der Waals surface area contributed by atoms with Gasteiger partial charge in [0.1, 0.15) is 11.6 Å². The van der Waals surface area contributed by atoms with Gasteiger partial charge in [0.05, 0.1) is 24.5 Å². The summed E-state index contributed by atoms with van der Waals surface area (Å²) in [5.74, 6) is -0.00665. The molecular formula is C21H19F3N2O3. The predicted octanol–water partition coefficient (Wildman–Crippen LogP) is 5.05. The van der Waals surface area contributed by atoms with E-state index in [1.54, 1.807) is 31.2 Å². The van der Waals surface area contributed by atoms with Gasteiger partial charge in [-0.05, 0) is 49.8 Å². The molecule has 0 aliphatic rings. The van der Waals surface area contributed by atoms with Crippen LogP contribution >= 0.6 is 0 Å². The Balaban J connectivity index is 2.32. The van der Waals surface area contributed by atoms with Gasteiger partial charge in [0.15, 0.2) is 11.5 Å². The number of para-hydroxylation sites is 1. The monoisotopic (exact) mass is 404 g/mol. The second kappa shape index (κ2) is 9.64. The van der Waals surface area contributed by atoms with Gasteiger partial charge in [0.2, 0.25) is 0 Å². The van der Waals surface area contributed by atoms with Crippen LogP contribution in [0.25, 0.3) is 6.08 Å². The standard InChI is InChI=1S/C21H19F3N2O3/c1-3-28-18-10-9-14(12-19(18)29-4-2)11-15(13-25)20(27)26-17-8-6-5-7-16(17)21(22,23)24/h5-12H,3-4H2,1-2H3,(H,26,27)/b15-11-. The number of nitriles is 1. The molecule has 2 aromatic carbocycles. The van der Waals surface area contributed by atoms with E-state index in [2.05, 4.69) is 5.32 Å². The van der Waals surface area contributed by atoms with E-state index in [1.165, 1.54) is 18.2 Å². The first-order valence-corrected chi connectivity index (χ1v) is 8.79. The Kier molecular flexibility index (Phi) is 7.26. The van der Waals surface area contributed by atoms with Crippen molar-refractivity contribution in [2.45, 2.75) is 20.0 Å². The molecule has 0 unspecified atom stereocenters. The number of nitrogens with zero attached hydrogens (tertiary/aromatic N) is 1. The number of benzene rings is 2. The molecule has 1 N–H and O–H groups in total. The lowest BCUT2D eigenvalue weighted by molar-refractivity contribution is -0.137. The van der Waals surface area contributed by atoms with Gasteiger partial charge in [-0.3, -0.25) is 4.79 Å². The molecule has 0 spiro atoms. The zero-order chi connectivity index (χ0) is 21.4. The van der Waals surface area contributed by atoms with Crippen molar-refractivity contribution in [1.82, 2.24) is 0 Å². The van der Waals surface area contributed by atoms with Gasteiger partial charge in [-0.1, -0.05) is 18.2 Å². The summed E-state index contributed by atoms with van der Waals surface area (Å²) in [6, 6.07) is 11.1. The molecule has 0 saturated carbocycles. The number of anilines is 1. The Labute approximate surface area is 166 Å². The average Bonchev–Trinajstić information content (AvgIpc) is 2.67. The van der Waals surface area contributed by atoms with Crippen molar-refractivity contribution >= 4 is 17.7 Å². The first kappa shape index (κ1) is 21.8.